The Hall–Kier alpha value is -3.68. The molecule has 180 valence electrons. The number of thiazole rings is 1. The minimum absolute atomic E-state index is 0.0468. The number of aryl methyl sites for hydroxylation is 3. The number of phenolic OH excluding ortho intramolecular Hbond substituents is 1. The molecule has 1 heterocycles. The first-order valence-corrected chi connectivity index (χ1v) is 13.3. The lowest BCUT2D eigenvalue weighted by Crippen LogP contribution is -2.15. The number of carbonyl (C=O) groups is 1. The lowest BCUT2D eigenvalue weighted by atomic mass is 10.0. The molecule has 5 nitrogen and oxygen atoms in total. The largest absolute Gasteiger partial charge is 0.507 e. The SMILES string of the molecule is Cc1cc(C)c(NC(=O)CSc2nc3ccc(N=Cc4c(O)ccc5ccccc45)cc3s2)c(C)c1. The molecular weight excluding hydrogens is 486 g/mol. The molecule has 0 bridgehead atoms. The van der Waals surface area contributed by atoms with Gasteiger partial charge < -0.3 is 10.4 Å². The monoisotopic (exact) mass is 511 g/mol. The highest BCUT2D eigenvalue weighted by Crippen LogP contribution is 2.33. The molecule has 36 heavy (non-hydrogen) atoms. The van der Waals surface area contributed by atoms with Crippen LogP contribution < -0.4 is 5.32 Å². The van der Waals surface area contributed by atoms with E-state index in [1.807, 2.05) is 62.4 Å². The second kappa shape index (κ2) is 10.1. The number of phenols is 1. The summed E-state index contributed by atoms with van der Waals surface area (Å²) in [4.78, 5) is 21.9. The van der Waals surface area contributed by atoms with Gasteiger partial charge in [0, 0.05) is 17.5 Å². The van der Waals surface area contributed by atoms with Gasteiger partial charge in [-0.1, -0.05) is 59.8 Å². The van der Waals surface area contributed by atoms with Crippen LogP contribution in [0.2, 0.25) is 0 Å². The summed E-state index contributed by atoms with van der Waals surface area (Å²) in [6, 6.07) is 21.5. The topological polar surface area (TPSA) is 74.6 Å². The van der Waals surface area contributed by atoms with E-state index in [0.717, 1.165) is 47.8 Å². The number of aliphatic imine (C=N–C) groups is 1. The van der Waals surface area contributed by atoms with Crippen LogP contribution in [0.5, 0.6) is 5.75 Å². The van der Waals surface area contributed by atoms with E-state index in [9.17, 15) is 9.90 Å². The molecular formula is C29H25N3O2S2. The molecule has 1 aromatic heterocycles. The Morgan fingerprint density at radius 3 is 2.64 bits per heavy atom. The molecule has 5 aromatic rings. The van der Waals surface area contributed by atoms with Crippen molar-refractivity contribution in [2.75, 3.05) is 11.1 Å². The number of thioether (sulfide) groups is 1. The molecule has 0 fully saturated rings. The highest BCUT2D eigenvalue weighted by molar-refractivity contribution is 8.01. The van der Waals surface area contributed by atoms with Gasteiger partial charge in [0.15, 0.2) is 4.34 Å². The van der Waals surface area contributed by atoms with Crippen LogP contribution in [-0.4, -0.2) is 28.0 Å². The molecule has 0 radical (unpaired) electrons. The third kappa shape index (κ3) is 5.12. The lowest BCUT2D eigenvalue weighted by molar-refractivity contribution is -0.113. The number of amides is 1. The zero-order valence-corrected chi connectivity index (χ0v) is 21.8. The summed E-state index contributed by atoms with van der Waals surface area (Å²) in [6.07, 6.45) is 1.70. The van der Waals surface area contributed by atoms with E-state index in [-0.39, 0.29) is 17.4 Å². The van der Waals surface area contributed by atoms with E-state index in [1.165, 1.54) is 17.3 Å². The number of benzene rings is 4. The first-order chi connectivity index (χ1) is 17.4. The molecule has 0 aliphatic heterocycles. The van der Waals surface area contributed by atoms with E-state index < -0.39 is 0 Å². The first-order valence-electron chi connectivity index (χ1n) is 11.5. The molecule has 0 aliphatic carbocycles. The van der Waals surface area contributed by atoms with Gasteiger partial charge in [0.1, 0.15) is 5.75 Å². The van der Waals surface area contributed by atoms with Crippen molar-refractivity contribution in [2.45, 2.75) is 25.1 Å². The minimum atomic E-state index is -0.0468. The Morgan fingerprint density at radius 2 is 1.83 bits per heavy atom. The van der Waals surface area contributed by atoms with Gasteiger partial charge in [-0.2, -0.15) is 0 Å². The lowest BCUT2D eigenvalue weighted by Gasteiger charge is -2.12. The van der Waals surface area contributed by atoms with E-state index in [1.54, 1.807) is 23.6 Å². The highest BCUT2D eigenvalue weighted by atomic mass is 32.2. The molecule has 0 unspecified atom stereocenters. The van der Waals surface area contributed by atoms with Gasteiger partial charge in [-0.25, -0.2) is 4.98 Å². The number of anilines is 1. The first kappa shape index (κ1) is 24.0. The zero-order valence-electron chi connectivity index (χ0n) is 20.2. The summed E-state index contributed by atoms with van der Waals surface area (Å²) in [7, 11) is 0. The van der Waals surface area contributed by atoms with Crippen LogP contribution in [0.25, 0.3) is 21.0 Å². The van der Waals surface area contributed by atoms with E-state index >= 15 is 0 Å². The summed E-state index contributed by atoms with van der Waals surface area (Å²) in [5, 5.41) is 15.4. The molecule has 7 heteroatoms. The van der Waals surface area contributed by atoms with Crippen LogP contribution in [-0.2, 0) is 4.79 Å². The van der Waals surface area contributed by atoms with Gasteiger partial charge in [0.2, 0.25) is 5.91 Å². The fourth-order valence-corrected chi connectivity index (χ4v) is 6.17. The summed E-state index contributed by atoms with van der Waals surface area (Å²) in [5.74, 6) is 0.441. The quantitative estimate of drug-likeness (QED) is 0.182. The zero-order chi connectivity index (χ0) is 25.2. The summed E-state index contributed by atoms with van der Waals surface area (Å²) in [6.45, 7) is 6.08. The van der Waals surface area contributed by atoms with Gasteiger partial charge in [-0.3, -0.25) is 9.79 Å². The van der Waals surface area contributed by atoms with Gasteiger partial charge in [0.05, 0.1) is 21.7 Å². The average molecular weight is 512 g/mol. The Labute approximate surface area is 217 Å². The molecule has 0 aliphatic rings. The van der Waals surface area contributed by atoms with Crippen molar-refractivity contribution in [3.05, 3.63) is 89.0 Å². The molecule has 0 spiro atoms. The minimum Gasteiger partial charge on any atom is -0.507 e. The number of aromatic hydroxyl groups is 1. The number of aromatic nitrogens is 1. The van der Waals surface area contributed by atoms with Crippen molar-refractivity contribution in [1.82, 2.24) is 4.98 Å². The fourth-order valence-electron chi connectivity index (χ4n) is 4.27. The maximum atomic E-state index is 12.6. The van der Waals surface area contributed by atoms with Crippen molar-refractivity contribution in [3.8, 4) is 5.75 Å². The molecule has 2 N–H and O–H groups in total. The van der Waals surface area contributed by atoms with Crippen LogP contribution >= 0.6 is 23.1 Å². The third-order valence-corrected chi connectivity index (χ3v) is 8.07. The highest BCUT2D eigenvalue weighted by Gasteiger charge is 2.12. The van der Waals surface area contributed by atoms with Crippen molar-refractivity contribution in [1.29, 1.82) is 0 Å². The Balaban J connectivity index is 1.29. The number of carbonyl (C=O) groups excluding carboxylic acids is 1. The second-order valence-corrected chi connectivity index (χ2v) is 11.0. The Bertz CT molecular complexity index is 1620. The van der Waals surface area contributed by atoms with Crippen LogP contribution in [0, 0.1) is 20.8 Å². The van der Waals surface area contributed by atoms with Crippen molar-refractivity contribution < 1.29 is 9.90 Å². The van der Waals surface area contributed by atoms with E-state index in [4.69, 9.17) is 0 Å². The summed E-state index contributed by atoms with van der Waals surface area (Å²) < 4.78 is 1.84. The number of nitrogens with zero attached hydrogens (tertiary/aromatic N) is 2. The second-order valence-electron chi connectivity index (χ2n) is 8.72. The predicted octanol–water partition coefficient (Wildman–Crippen LogP) is 7.56. The molecule has 4 aromatic carbocycles. The number of hydrogen-bond acceptors (Lipinski definition) is 6. The normalized spacial score (nSPS) is 11.5. The van der Waals surface area contributed by atoms with Crippen LogP contribution in [0.1, 0.15) is 22.3 Å². The molecule has 0 atom stereocenters. The standard InChI is InChI=1S/C29H25N3O2S2/c1-17-12-18(2)28(19(3)13-17)32-27(34)16-35-29-31-24-10-9-21(14-26(24)36-29)30-15-23-22-7-5-4-6-20(22)8-11-25(23)33/h4-15,33H,16H2,1-3H3,(H,32,34). The number of fused-ring (bicyclic) bond motifs is 2. The van der Waals surface area contributed by atoms with Crippen molar-refractivity contribution in [3.63, 3.8) is 0 Å². The summed E-state index contributed by atoms with van der Waals surface area (Å²) in [5.41, 5.74) is 6.54. The van der Waals surface area contributed by atoms with Crippen molar-refractivity contribution in [2.24, 2.45) is 4.99 Å². The Kier molecular flexibility index (Phi) is 6.76. The molecule has 1 amide bonds. The van der Waals surface area contributed by atoms with Crippen LogP contribution in [0.4, 0.5) is 11.4 Å². The predicted molar refractivity (Wildman–Crippen MR) is 152 cm³/mol. The number of nitrogens with one attached hydrogen (secondary N) is 1. The van der Waals surface area contributed by atoms with Crippen LogP contribution in [0.15, 0.2) is 76.1 Å². The van der Waals surface area contributed by atoms with E-state index in [0.29, 0.717) is 5.56 Å². The maximum Gasteiger partial charge on any atom is 0.234 e. The smallest absolute Gasteiger partial charge is 0.234 e. The molecule has 0 saturated carbocycles. The maximum absolute atomic E-state index is 12.6. The summed E-state index contributed by atoms with van der Waals surface area (Å²) >= 11 is 2.98. The van der Waals surface area contributed by atoms with Gasteiger partial charge in [-0.05, 0) is 66.9 Å². The third-order valence-electron chi connectivity index (χ3n) is 5.91. The molecule has 0 saturated heterocycles. The van der Waals surface area contributed by atoms with Crippen LogP contribution in [0.3, 0.4) is 0 Å². The fraction of sp³-hybridized carbons (Fsp3) is 0.138. The van der Waals surface area contributed by atoms with Crippen molar-refractivity contribution >= 4 is 67.6 Å². The molecule has 5 rings (SSSR count). The van der Waals surface area contributed by atoms with Gasteiger partial charge >= 0.3 is 0 Å². The number of hydrogen-bond donors (Lipinski definition) is 2. The van der Waals surface area contributed by atoms with Gasteiger partial charge in [0.25, 0.3) is 0 Å². The van der Waals surface area contributed by atoms with E-state index in [2.05, 4.69) is 34.3 Å². The average Bonchev–Trinajstić information content (AvgIpc) is 3.26. The Morgan fingerprint density at radius 1 is 1.06 bits per heavy atom. The number of rotatable bonds is 6. The van der Waals surface area contributed by atoms with Gasteiger partial charge in [-0.15, -0.1) is 11.3 Å².